The van der Waals surface area contributed by atoms with E-state index in [1.54, 1.807) is 19.1 Å². The van der Waals surface area contributed by atoms with Crippen LogP contribution in [0.1, 0.15) is 24.5 Å². The molecule has 0 aromatic heterocycles. The third-order valence-corrected chi connectivity index (χ3v) is 5.58. The minimum absolute atomic E-state index is 0.0203. The van der Waals surface area contributed by atoms with Crippen LogP contribution < -0.4 is 0 Å². The number of nitrogens with zero attached hydrogens (tertiary/aromatic N) is 2. The Bertz CT molecular complexity index is 814. The Labute approximate surface area is 142 Å². The summed E-state index contributed by atoms with van der Waals surface area (Å²) in [6.45, 7) is 1.91. The summed E-state index contributed by atoms with van der Waals surface area (Å²) in [7, 11) is -3.90. The molecule has 0 radical (unpaired) electrons. The minimum atomic E-state index is -3.90. The molecule has 0 aliphatic carbocycles. The molecule has 2 aromatic rings. The first-order valence-electron chi connectivity index (χ1n) is 7.70. The van der Waals surface area contributed by atoms with Crippen molar-refractivity contribution in [1.82, 2.24) is 4.31 Å². The standard InChI is InChI=1S/C18H20N2O3S/c1-2-17(21)14-20(13-15-8-4-3-5-9-15)24(22,23)18-11-7-6-10-16(18)12-19/h3-11,17,21H,2,13-14H2,1H3/t17-/m0/s1. The molecule has 5 nitrogen and oxygen atoms in total. The van der Waals surface area contributed by atoms with Crippen molar-refractivity contribution in [3.63, 3.8) is 0 Å². The van der Waals surface area contributed by atoms with E-state index >= 15 is 0 Å². The average Bonchev–Trinajstić information content (AvgIpc) is 2.61. The quantitative estimate of drug-likeness (QED) is 0.837. The fourth-order valence-corrected chi connectivity index (χ4v) is 3.93. The number of nitriles is 1. The molecule has 0 bridgehead atoms. The first kappa shape index (κ1) is 18.1. The van der Waals surface area contributed by atoms with Gasteiger partial charge in [0.25, 0.3) is 0 Å². The Hall–Kier alpha value is -2.20. The highest BCUT2D eigenvalue weighted by Gasteiger charge is 2.28. The van der Waals surface area contributed by atoms with Gasteiger partial charge < -0.3 is 5.11 Å². The molecule has 0 fully saturated rings. The lowest BCUT2D eigenvalue weighted by Crippen LogP contribution is -2.37. The van der Waals surface area contributed by atoms with E-state index in [4.69, 9.17) is 0 Å². The van der Waals surface area contributed by atoms with Crippen LogP contribution in [0.4, 0.5) is 0 Å². The first-order chi connectivity index (χ1) is 11.5. The van der Waals surface area contributed by atoms with Gasteiger partial charge in [-0.05, 0) is 24.1 Å². The number of aliphatic hydroxyl groups excluding tert-OH is 1. The van der Waals surface area contributed by atoms with Gasteiger partial charge >= 0.3 is 0 Å². The maximum Gasteiger partial charge on any atom is 0.244 e. The molecule has 0 saturated carbocycles. The zero-order valence-corrected chi connectivity index (χ0v) is 14.3. The molecule has 1 atom stereocenters. The van der Waals surface area contributed by atoms with Crippen molar-refractivity contribution in [1.29, 1.82) is 5.26 Å². The Balaban J connectivity index is 2.43. The van der Waals surface area contributed by atoms with Gasteiger partial charge in [-0.25, -0.2) is 8.42 Å². The number of rotatable bonds is 7. The second-order valence-corrected chi connectivity index (χ2v) is 7.36. The van der Waals surface area contributed by atoms with Crippen LogP contribution in [-0.2, 0) is 16.6 Å². The van der Waals surface area contributed by atoms with E-state index in [2.05, 4.69) is 0 Å². The van der Waals surface area contributed by atoms with Crippen molar-refractivity contribution in [2.45, 2.75) is 30.9 Å². The van der Waals surface area contributed by atoms with Crippen molar-refractivity contribution in [3.05, 3.63) is 65.7 Å². The average molecular weight is 344 g/mol. The van der Waals surface area contributed by atoms with Crippen LogP contribution in [0.5, 0.6) is 0 Å². The Morgan fingerprint density at radius 3 is 2.38 bits per heavy atom. The number of hydrogen-bond donors (Lipinski definition) is 1. The van der Waals surface area contributed by atoms with Gasteiger partial charge in [0.15, 0.2) is 0 Å². The summed E-state index contributed by atoms with van der Waals surface area (Å²) in [6, 6.07) is 17.2. The van der Waals surface area contributed by atoms with E-state index in [0.29, 0.717) is 6.42 Å². The number of sulfonamides is 1. The SMILES string of the molecule is CC[C@H](O)CN(Cc1ccccc1)S(=O)(=O)c1ccccc1C#N. The molecule has 0 aliphatic heterocycles. The molecule has 2 aromatic carbocycles. The van der Waals surface area contributed by atoms with E-state index in [-0.39, 0.29) is 23.5 Å². The fraction of sp³-hybridized carbons (Fsp3) is 0.278. The summed E-state index contributed by atoms with van der Waals surface area (Å²) in [4.78, 5) is -0.0354. The lowest BCUT2D eigenvalue weighted by Gasteiger charge is -2.25. The molecule has 0 amide bonds. The van der Waals surface area contributed by atoms with Crippen molar-refractivity contribution in [3.8, 4) is 6.07 Å². The predicted molar refractivity (Wildman–Crippen MR) is 91.5 cm³/mol. The molecule has 2 rings (SSSR count). The van der Waals surface area contributed by atoms with Gasteiger partial charge in [-0.15, -0.1) is 0 Å². The van der Waals surface area contributed by atoms with Gasteiger partial charge in [0, 0.05) is 13.1 Å². The van der Waals surface area contributed by atoms with Gasteiger partial charge in [0.1, 0.15) is 6.07 Å². The van der Waals surface area contributed by atoms with Gasteiger partial charge in [0.2, 0.25) is 10.0 Å². The van der Waals surface area contributed by atoms with Crippen LogP contribution >= 0.6 is 0 Å². The van der Waals surface area contributed by atoms with Crippen LogP contribution in [0.15, 0.2) is 59.5 Å². The van der Waals surface area contributed by atoms with E-state index in [0.717, 1.165) is 5.56 Å². The van der Waals surface area contributed by atoms with Gasteiger partial charge in [-0.1, -0.05) is 49.4 Å². The summed E-state index contributed by atoms with van der Waals surface area (Å²) < 4.78 is 27.3. The highest BCUT2D eigenvalue weighted by atomic mass is 32.2. The zero-order valence-electron chi connectivity index (χ0n) is 13.5. The monoisotopic (exact) mass is 344 g/mol. The molecule has 1 N–H and O–H groups in total. The highest BCUT2D eigenvalue weighted by Crippen LogP contribution is 2.22. The molecule has 0 saturated heterocycles. The van der Waals surface area contributed by atoms with Crippen LogP contribution in [-0.4, -0.2) is 30.5 Å². The third kappa shape index (κ3) is 4.20. The van der Waals surface area contributed by atoms with Crippen molar-refractivity contribution < 1.29 is 13.5 Å². The van der Waals surface area contributed by atoms with Crippen LogP contribution in [0.2, 0.25) is 0 Å². The van der Waals surface area contributed by atoms with Crippen molar-refractivity contribution >= 4 is 10.0 Å². The topological polar surface area (TPSA) is 81.4 Å². The molecule has 0 aliphatic rings. The minimum Gasteiger partial charge on any atom is -0.392 e. The van der Waals surface area contributed by atoms with E-state index < -0.39 is 16.1 Å². The second kappa shape index (κ2) is 8.06. The second-order valence-electron chi connectivity index (χ2n) is 5.45. The van der Waals surface area contributed by atoms with Gasteiger partial charge in [-0.2, -0.15) is 9.57 Å². The van der Waals surface area contributed by atoms with Crippen LogP contribution in [0, 0.1) is 11.3 Å². The summed E-state index contributed by atoms with van der Waals surface area (Å²) in [6.07, 6.45) is -0.321. The molecular weight excluding hydrogens is 324 g/mol. The van der Waals surface area contributed by atoms with E-state index in [9.17, 15) is 18.8 Å². The molecule has 0 unspecified atom stereocenters. The summed E-state index contributed by atoms with van der Waals surface area (Å²) in [5.41, 5.74) is 0.917. The summed E-state index contributed by atoms with van der Waals surface area (Å²) >= 11 is 0. The third-order valence-electron chi connectivity index (χ3n) is 3.71. The predicted octanol–water partition coefficient (Wildman–Crippen LogP) is 2.52. The van der Waals surface area contributed by atoms with Crippen LogP contribution in [0.3, 0.4) is 0 Å². The number of hydrogen-bond acceptors (Lipinski definition) is 4. The van der Waals surface area contributed by atoms with Gasteiger partial charge in [-0.3, -0.25) is 0 Å². The Morgan fingerprint density at radius 1 is 1.12 bits per heavy atom. The molecular formula is C18H20N2O3S. The van der Waals surface area contributed by atoms with Crippen LogP contribution in [0.25, 0.3) is 0 Å². The van der Waals surface area contributed by atoms with E-state index in [1.807, 2.05) is 36.4 Å². The Kier molecular flexibility index (Phi) is 6.10. The maximum atomic E-state index is 13.0. The molecule has 24 heavy (non-hydrogen) atoms. The van der Waals surface area contributed by atoms with E-state index in [1.165, 1.54) is 16.4 Å². The normalized spacial score (nSPS) is 12.8. The maximum absolute atomic E-state index is 13.0. The Morgan fingerprint density at radius 2 is 1.75 bits per heavy atom. The fourth-order valence-electron chi connectivity index (χ4n) is 2.32. The smallest absolute Gasteiger partial charge is 0.244 e. The lowest BCUT2D eigenvalue weighted by molar-refractivity contribution is 0.140. The molecule has 6 heteroatoms. The first-order valence-corrected chi connectivity index (χ1v) is 9.14. The highest BCUT2D eigenvalue weighted by molar-refractivity contribution is 7.89. The number of aliphatic hydroxyl groups is 1. The lowest BCUT2D eigenvalue weighted by atomic mass is 10.2. The molecule has 126 valence electrons. The number of benzene rings is 2. The zero-order chi connectivity index (χ0) is 17.6. The van der Waals surface area contributed by atoms with Gasteiger partial charge in [0.05, 0.1) is 16.6 Å². The van der Waals surface area contributed by atoms with Crippen molar-refractivity contribution in [2.75, 3.05) is 6.54 Å². The van der Waals surface area contributed by atoms with Crippen molar-refractivity contribution in [2.24, 2.45) is 0 Å². The summed E-state index contributed by atoms with van der Waals surface area (Å²) in [5, 5.41) is 19.2. The molecule has 0 spiro atoms. The largest absolute Gasteiger partial charge is 0.392 e. The molecule has 0 heterocycles. The summed E-state index contributed by atoms with van der Waals surface area (Å²) in [5.74, 6) is 0.